The molecule has 6 heteroatoms. The Bertz CT molecular complexity index is 772. The molecule has 1 aromatic carbocycles. The zero-order valence-electron chi connectivity index (χ0n) is 10.8. The van der Waals surface area contributed by atoms with E-state index in [0.717, 1.165) is 31.6 Å². The Kier molecular flexibility index (Phi) is 3.69. The molecular formula is C14H12BrN3OS. The number of nitrogens with zero attached hydrogens (tertiary/aromatic N) is 2. The summed E-state index contributed by atoms with van der Waals surface area (Å²) in [5.41, 5.74) is 8.76. The van der Waals surface area contributed by atoms with Gasteiger partial charge in [0, 0.05) is 16.6 Å². The Morgan fingerprint density at radius 2 is 2.20 bits per heavy atom. The molecule has 102 valence electrons. The number of halogens is 1. The molecule has 2 aromatic heterocycles. The van der Waals surface area contributed by atoms with Crippen molar-refractivity contribution in [3.63, 3.8) is 0 Å². The Morgan fingerprint density at radius 3 is 3.00 bits per heavy atom. The first-order valence-electron chi connectivity index (χ1n) is 6.04. The molecule has 0 spiro atoms. The summed E-state index contributed by atoms with van der Waals surface area (Å²) in [6.07, 6.45) is 1.53. The smallest absolute Gasteiger partial charge is 0.240 e. The lowest BCUT2D eigenvalue weighted by Gasteiger charge is -2.10. The molecule has 0 aliphatic carbocycles. The highest BCUT2D eigenvalue weighted by Crippen LogP contribution is 2.34. The maximum atomic E-state index is 5.94. The number of ether oxygens (including phenoxy) is 1. The number of aryl methyl sites for hydroxylation is 1. The summed E-state index contributed by atoms with van der Waals surface area (Å²) in [7, 11) is 0. The van der Waals surface area contributed by atoms with Crippen molar-refractivity contribution in [2.45, 2.75) is 13.5 Å². The fraction of sp³-hybridized carbons (Fsp3) is 0.143. The van der Waals surface area contributed by atoms with E-state index in [1.807, 2.05) is 25.1 Å². The number of thiophene rings is 1. The van der Waals surface area contributed by atoms with E-state index in [4.69, 9.17) is 10.5 Å². The van der Waals surface area contributed by atoms with Crippen molar-refractivity contribution in [2.24, 2.45) is 5.73 Å². The zero-order chi connectivity index (χ0) is 14.1. The van der Waals surface area contributed by atoms with E-state index in [2.05, 4.69) is 31.3 Å². The topological polar surface area (TPSA) is 61.0 Å². The summed E-state index contributed by atoms with van der Waals surface area (Å²) in [6, 6.07) is 5.76. The number of hydrogen-bond acceptors (Lipinski definition) is 5. The van der Waals surface area contributed by atoms with Gasteiger partial charge >= 0.3 is 0 Å². The lowest BCUT2D eigenvalue weighted by molar-refractivity contribution is 0.463. The molecule has 2 N–H and O–H groups in total. The molecule has 3 rings (SSSR count). The van der Waals surface area contributed by atoms with Crippen molar-refractivity contribution in [3.05, 3.63) is 45.5 Å². The van der Waals surface area contributed by atoms with E-state index in [0.29, 0.717) is 12.4 Å². The molecule has 20 heavy (non-hydrogen) atoms. The average molecular weight is 350 g/mol. The normalized spacial score (nSPS) is 10.9. The van der Waals surface area contributed by atoms with E-state index < -0.39 is 0 Å². The molecule has 0 saturated heterocycles. The highest BCUT2D eigenvalue weighted by atomic mass is 79.9. The first-order valence-corrected chi connectivity index (χ1v) is 7.71. The number of hydrogen-bond donors (Lipinski definition) is 1. The van der Waals surface area contributed by atoms with Crippen LogP contribution in [0.5, 0.6) is 11.6 Å². The van der Waals surface area contributed by atoms with Crippen molar-refractivity contribution in [3.8, 4) is 11.6 Å². The summed E-state index contributed by atoms with van der Waals surface area (Å²) in [4.78, 5) is 8.52. The molecule has 0 aliphatic rings. The second-order valence-electron chi connectivity index (χ2n) is 4.33. The largest absolute Gasteiger partial charge is 0.437 e. The van der Waals surface area contributed by atoms with Crippen molar-refractivity contribution >= 4 is 37.5 Å². The summed E-state index contributed by atoms with van der Waals surface area (Å²) >= 11 is 5.02. The molecular weight excluding hydrogens is 338 g/mol. The molecule has 0 radical (unpaired) electrons. The van der Waals surface area contributed by atoms with Crippen molar-refractivity contribution < 1.29 is 4.74 Å². The third-order valence-electron chi connectivity index (χ3n) is 2.95. The molecule has 0 amide bonds. The van der Waals surface area contributed by atoms with Gasteiger partial charge in [-0.2, -0.15) is 0 Å². The molecule has 2 heterocycles. The van der Waals surface area contributed by atoms with Crippen LogP contribution in [0.15, 0.2) is 34.4 Å². The third-order valence-corrected chi connectivity index (χ3v) is 4.52. The number of nitrogens with two attached hydrogens (primary N) is 1. The predicted molar refractivity (Wildman–Crippen MR) is 84.3 cm³/mol. The molecule has 0 fully saturated rings. The van der Waals surface area contributed by atoms with Gasteiger partial charge in [0.1, 0.15) is 16.8 Å². The van der Waals surface area contributed by atoms with Gasteiger partial charge in [0.2, 0.25) is 5.88 Å². The molecule has 0 unspecified atom stereocenters. The SMILES string of the molecule is Cc1csc2c(Oc3ccc(Br)cc3CN)ncnc12. The van der Waals surface area contributed by atoms with Crippen LogP contribution in [0.3, 0.4) is 0 Å². The Balaban J connectivity index is 2.05. The summed E-state index contributed by atoms with van der Waals surface area (Å²) in [5, 5.41) is 2.05. The minimum Gasteiger partial charge on any atom is -0.437 e. The number of fused-ring (bicyclic) bond motifs is 1. The van der Waals surface area contributed by atoms with E-state index in [1.165, 1.54) is 6.33 Å². The summed E-state index contributed by atoms with van der Waals surface area (Å²) < 4.78 is 7.87. The summed E-state index contributed by atoms with van der Waals surface area (Å²) in [5.74, 6) is 1.30. The predicted octanol–water partition coefficient (Wildman–Crippen LogP) is 4.01. The van der Waals surface area contributed by atoms with Gasteiger partial charge in [0.25, 0.3) is 0 Å². The van der Waals surface area contributed by atoms with Gasteiger partial charge in [-0.15, -0.1) is 11.3 Å². The third kappa shape index (κ3) is 2.42. The lowest BCUT2D eigenvalue weighted by Crippen LogP contribution is -2.00. The molecule has 3 aromatic rings. The number of aromatic nitrogens is 2. The van der Waals surface area contributed by atoms with Crippen molar-refractivity contribution in [2.75, 3.05) is 0 Å². The Hall–Kier alpha value is -1.50. The van der Waals surface area contributed by atoms with Gasteiger partial charge in [-0.3, -0.25) is 0 Å². The highest BCUT2D eigenvalue weighted by Gasteiger charge is 2.12. The van der Waals surface area contributed by atoms with Gasteiger partial charge in [-0.05, 0) is 36.1 Å². The number of rotatable bonds is 3. The van der Waals surface area contributed by atoms with Crippen LogP contribution in [0.25, 0.3) is 10.2 Å². The van der Waals surface area contributed by atoms with Crippen LogP contribution in [-0.4, -0.2) is 9.97 Å². The van der Waals surface area contributed by atoms with E-state index in [9.17, 15) is 0 Å². The fourth-order valence-corrected chi connectivity index (χ4v) is 3.27. The van der Waals surface area contributed by atoms with Gasteiger partial charge in [-0.1, -0.05) is 15.9 Å². The Morgan fingerprint density at radius 1 is 1.35 bits per heavy atom. The molecule has 4 nitrogen and oxygen atoms in total. The van der Waals surface area contributed by atoms with Crippen LogP contribution < -0.4 is 10.5 Å². The quantitative estimate of drug-likeness (QED) is 0.775. The van der Waals surface area contributed by atoms with E-state index in [-0.39, 0.29) is 0 Å². The van der Waals surface area contributed by atoms with Gasteiger partial charge in [0.15, 0.2) is 0 Å². The maximum Gasteiger partial charge on any atom is 0.240 e. The van der Waals surface area contributed by atoms with Crippen LogP contribution in [0, 0.1) is 6.92 Å². The van der Waals surface area contributed by atoms with Gasteiger partial charge in [-0.25, -0.2) is 9.97 Å². The first kappa shape index (κ1) is 13.5. The maximum absolute atomic E-state index is 5.94. The van der Waals surface area contributed by atoms with Crippen LogP contribution in [0.1, 0.15) is 11.1 Å². The first-order chi connectivity index (χ1) is 9.69. The monoisotopic (exact) mass is 349 g/mol. The average Bonchev–Trinajstić information content (AvgIpc) is 2.84. The minimum atomic E-state index is 0.409. The second kappa shape index (κ2) is 5.47. The lowest BCUT2D eigenvalue weighted by atomic mass is 10.2. The molecule has 0 aliphatic heterocycles. The van der Waals surface area contributed by atoms with Crippen LogP contribution in [0.2, 0.25) is 0 Å². The molecule has 0 bridgehead atoms. The van der Waals surface area contributed by atoms with E-state index in [1.54, 1.807) is 11.3 Å². The second-order valence-corrected chi connectivity index (χ2v) is 6.13. The molecule has 0 saturated carbocycles. The van der Waals surface area contributed by atoms with Crippen molar-refractivity contribution in [1.82, 2.24) is 9.97 Å². The summed E-state index contributed by atoms with van der Waals surface area (Å²) in [6.45, 7) is 2.44. The fourth-order valence-electron chi connectivity index (χ4n) is 1.93. The van der Waals surface area contributed by atoms with Crippen LogP contribution >= 0.6 is 27.3 Å². The zero-order valence-corrected chi connectivity index (χ0v) is 13.2. The highest BCUT2D eigenvalue weighted by molar-refractivity contribution is 9.10. The van der Waals surface area contributed by atoms with Crippen LogP contribution in [0.4, 0.5) is 0 Å². The number of benzene rings is 1. The van der Waals surface area contributed by atoms with Gasteiger partial charge in [0.05, 0.1) is 5.52 Å². The van der Waals surface area contributed by atoms with E-state index >= 15 is 0 Å². The Labute approximate surface area is 128 Å². The standard InChI is InChI=1S/C14H12BrN3OS/c1-8-6-20-13-12(8)17-7-18-14(13)19-11-3-2-10(15)4-9(11)5-16/h2-4,6-7H,5,16H2,1H3. The minimum absolute atomic E-state index is 0.409. The molecule has 0 atom stereocenters. The van der Waals surface area contributed by atoms with Crippen molar-refractivity contribution in [1.29, 1.82) is 0 Å². The van der Waals surface area contributed by atoms with Gasteiger partial charge < -0.3 is 10.5 Å². The van der Waals surface area contributed by atoms with Crippen LogP contribution in [-0.2, 0) is 6.54 Å².